The molecule has 0 saturated carbocycles. The second kappa shape index (κ2) is 8.93. The quantitative estimate of drug-likeness (QED) is 0.650. The minimum absolute atomic E-state index is 0.0597. The topological polar surface area (TPSA) is 75.2 Å². The zero-order valence-electron chi connectivity index (χ0n) is 17.3. The van der Waals surface area contributed by atoms with Crippen LogP contribution in [-0.2, 0) is 11.8 Å². The number of nitrogens with two attached hydrogens (primary N) is 1. The molecule has 6 nitrogen and oxygen atoms in total. The number of nitrogens with zero attached hydrogens (tertiary/aromatic N) is 3. The Hall–Kier alpha value is -2.77. The SMILES string of the molecule is Cc1ccc(-c2ccc([C@@H](F)CN)cn2)c(Oc2cc(C3CCOCC3)nn2C)c1. The lowest BCUT2D eigenvalue weighted by atomic mass is 9.97. The zero-order chi connectivity index (χ0) is 21.1. The molecule has 3 heterocycles. The molecule has 4 rings (SSSR count). The van der Waals surface area contributed by atoms with Crippen LogP contribution in [0, 0.1) is 6.92 Å². The van der Waals surface area contributed by atoms with E-state index in [4.69, 9.17) is 15.2 Å². The molecule has 1 aromatic carbocycles. The monoisotopic (exact) mass is 410 g/mol. The first-order valence-electron chi connectivity index (χ1n) is 10.3. The number of ether oxygens (including phenoxy) is 2. The van der Waals surface area contributed by atoms with E-state index >= 15 is 0 Å². The van der Waals surface area contributed by atoms with Gasteiger partial charge in [-0.15, -0.1) is 0 Å². The van der Waals surface area contributed by atoms with E-state index in [1.807, 2.05) is 38.2 Å². The third kappa shape index (κ3) is 4.37. The zero-order valence-corrected chi connectivity index (χ0v) is 17.3. The van der Waals surface area contributed by atoms with Crippen molar-refractivity contribution in [2.75, 3.05) is 19.8 Å². The summed E-state index contributed by atoms with van der Waals surface area (Å²) in [7, 11) is 1.88. The summed E-state index contributed by atoms with van der Waals surface area (Å²) in [5.41, 5.74) is 9.54. The minimum atomic E-state index is -1.21. The van der Waals surface area contributed by atoms with Crippen molar-refractivity contribution in [2.24, 2.45) is 12.8 Å². The van der Waals surface area contributed by atoms with Crippen molar-refractivity contribution in [1.29, 1.82) is 0 Å². The van der Waals surface area contributed by atoms with Crippen molar-refractivity contribution < 1.29 is 13.9 Å². The number of rotatable bonds is 6. The Balaban J connectivity index is 1.62. The molecule has 158 valence electrons. The Morgan fingerprint density at radius 2 is 2.03 bits per heavy atom. The van der Waals surface area contributed by atoms with Crippen molar-refractivity contribution in [3.05, 3.63) is 59.4 Å². The largest absolute Gasteiger partial charge is 0.439 e. The maximum atomic E-state index is 13.8. The van der Waals surface area contributed by atoms with Gasteiger partial charge in [-0.1, -0.05) is 12.1 Å². The van der Waals surface area contributed by atoms with Gasteiger partial charge in [0.2, 0.25) is 5.88 Å². The molecule has 1 saturated heterocycles. The van der Waals surface area contributed by atoms with Crippen LogP contribution < -0.4 is 10.5 Å². The summed E-state index contributed by atoms with van der Waals surface area (Å²) in [6.45, 7) is 3.49. The van der Waals surface area contributed by atoms with Crippen LogP contribution in [0.4, 0.5) is 4.39 Å². The molecular weight excluding hydrogens is 383 g/mol. The molecule has 3 aromatic rings. The van der Waals surface area contributed by atoms with Gasteiger partial charge >= 0.3 is 0 Å². The van der Waals surface area contributed by atoms with Gasteiger partial charge in [0, 0.05) is 56.1 Å². The molecule has 0 spiro atoms. The second-order valence-electron chi connectivity index (χ2n) is 7.70. The van der Waals surface area contributed by atoms with Crippen molar-refractivity contribution in [3.63, 3.8) is 0 Å². The third-order valence-electron chi connectivity index (χ3n) is 5.48. The van der Waals surface area contributed by atoms with Crippen LogP contribution in [0.3, 0.4) is 0 Å². The maximum absolute atomic E-state index is 13.8. The Morgan fingerprint density at radius 1 is 1.23 bits per heavy atom. The average molecular weight is 410 g/mol. The number of alkyl halides is 1. The predicted molar refractivity (Wildman–Crippen MR) is 113 cm³/mol. The number of hydrogen-bond acceptors (Lipinski definition) is 5. The van der Waals surface area contributed by atoms with Crippen molar-refractivity contribution in [3.8, 4) is 22.9 Å². The maximum Gasteiger partial charge on any atom is 0.217 e. The number of pyridine rings is 1. The van der Waals surface area contributed by atoms with E-state index < -0.39 is 6.17 Å². The fourth-order valence-electron chi connectivity index (χ4n) is 3.68. The van der Waals surface area contributed by atoms with E-state index in [0.717, 1.165) is 42.9 Å². The van der Waals surface area contributed by atoms with Crippen molar-refractivity contribution >= 4 is 0 Å². The lowest BCUT2D eigenvalue weighted by Crippen LogP contribution is -2.14. The summed E-state index contributed by atoms with van der Waals surface area (Å²) in [6, 6.07) is 11.5. The van der Waals surface area contributed by atoms with E-state index in [0.29, 0.717) is 28.8 Å². The van der Waals surface area contributed by atoms with Gasteiger partial charge in [0.05, 0.1) is 11.4 Å². The van der Waals surface area contributed by atoms with E-state index in [1.165, 1.54) is 6.20 Å². The molecule has 7 heteroatoms. The van der Waals surface area contributed by atoms with E-state index in [-0.39, 0.29) is 6.54 Å². The van der Waals surface area contributed by atoms with Crippen LogP contribution >= 0.6 is 0 Å². The van der Waals surface area contributed by atoms with Crippen LogP contribution in [0.1, 0.15) is 41.8 Å². The first-order chi connectivity index (χ1) is 14.5. The summed E-state index contributed by atoms with van der Waals surface area (Å²) in [5, 5.41) is 4.66. The first kappa shape index (κ1) is 20.5. The molecule has 0 aliphatic carbocycles. The Kier molecular flexibility index (Phi) is 6.11. The second-order valence-corrected chi connectivity index (χ2v) is 7.70. The minimum Gasteiger partial charge on any atom is -0.439 e. The van der Waals surface area contributed by atoms with Gasteiger partial charge in [-0.2, -0.15) is 5.10 Å². The third-order valence-corrected chi connectivity index (χ3v) is 5.48. The van der Waals surface area contributed by atoms with E-state index in [1.54, 1.807) is 16.8 Å². The fourth-order valence-corrected chi connectivity index (χ4v) is 3.68. The summed E-state index contributed by atoms with van der Waals surface area (Å²) in [5.74, 6) is 1.75. The molecule has 0 bridgehead atoms. The first-order valence-corrected chi connectivity index (χ1v) is 10.3. The fraction of sp³-hybridized carbons (Fsp3) is 0.391. The van der Waals surface area contributed by atoms with Crippen molar-refractivity contribution in [2.45, 2.75) is 31.9 Å². The molecule has 1 aliphatic heterocycles. The van der Waals surface area contributed by atoms with E-state index in [9.17, 15) is 4.39 Å². The lowest BCUT2D eigenvalue weighted by Gasteiger charge is -2.19. The number of aryl methyl sites for hydroxylation is 2. The summed E-state index contributed by atoms with van der Waals surface area (Å²) in [6.07, 6.45) is 2.27. The Bertz CT molecular complexity index is 997. The van der Waals surface area contributed by atoms with Gasteiger partial charge in [-0.05, 0) is 43.5 Å². The highest BCUT2D eigenvalue weighted by Gasteiger charge is 2.21. The predicted octanol–water partition coefficient (Wildman–Crippen LogP) is 4.45. The standard InChI is InChI=1S/C23H27FN4O2/c1-15-3-5-18(20-6-4-17(14-26-20)19(24)13-25)22(11-15)30-23-12-21(27-28(23)2)16-7-9-29-10-8-16/h3-6,11-12,14,16,19H,7-10,13,25H2,1-2H3/t19-/m0/s1. The van der Waals surface area contributed by atoms with Crippen LogP contribution in [0.25, 0.3) is 11.3 Å². The molecule has 0 amide bonds. The lowest BCUT2D eigenvalue weighted by molar-refractivity contribution is 0.0844. The normalized spacial score (nSPS) is 15.9. The van der Waals surface area contributed by atoms with Crippen LogP contribution in [0.15, 0.2) is 42.6 Å². The highest BCUT2D eigenvalue weighted by molar-refractivity contribution is 5.68. The van der Waals surface area contributed by atoms with Crippen LogP contribution in [-0.4, -0.2) is 34.5 Å². The van der Waals surface area contributed by atoms with Gasteiger partial charge < -0.3 is 15.2 Å². The van der Waals surface area contributed by atoms with E-state index in [2.05, 4.69) is 10.1 Å². The van der Waals surface area contributed by atoms with Gasteiger partial charge in [-0.3, -0.25) is 4.98 Å². The van der Waals surface area contributed by atoms with Crippen LogP contribution in [0.5, 0.6) is 11.6 Å². The number of aromatic nitrogens is 3. The molecular formula is C23H27FN4O2. The Labute approximate surface area is 175 Å². The highest BCUT2D eigenvalue weighted by atomic mass is 19.1. The average Bonchev–Trinajstić information content (AvgIpc) is 3.14. The molecule has 0 unspecified atom stereocenters. The van der Waals surface area contributed by atoms with Crippen molar-refractivity contribution in [1.82, 2.24) is 14.8 Å². The smallest absolute Gasteiger partial charge is 0.217 e. The van der Waals surface area contributed by atoms with Gasteiger partial charge in [0.15, 0.2) is 0 Å². The molecule has 0 radical (unpaired) electrons. The molecule has 2 N–H and O–H groups in total. The van der Waals surface area contributed by atoms with Gasteiger partial charge in [0.1, 0.15) is 11.9 Å². The number of benzene rings is 1. The highest BCUT2D eigenvalue weighted by Crippen LogP contribution is 2.35. The summed E-state index contributed by atoms with van der Waals surface area (Å²) in [4.78, 5) is 4.44. The molecule has 1 fully saturated rings. The number of hydrogen-bond donors (Lipinski definition) is 1. The summed E-state index contributed by atoms with van der Waals surface area (Å²) >= 11 is 0. The molecule has 1 atom stereocenters. The Morgan fingerprint density at radius 3 is 2.73 bits per heavy atom. The molecule has 30 heavy (non-hydrogen) atoms. The van der Waals surface area contributed by atoms with Gasteiger partial charge in [-0.25, -0.2) is 9.07 Å². The van der Waals surface area contributed by atoms with Crippen LogP contribution in [0.2, 0.25) is 0 Å². The summed E-state index contributed by atoms with van der Waals surface area (Å²) < 4.78 is 27.3. The van der Waals surface area contributed by atoms with Gasteiger partial charge in [0.25, 0.3) is 0 Å². The number of halogens is 1. The molecule has 2 aromatic heterocycles. The molecule has 1 aliphatic rings.